The Bertz CT molecular complexity index is 314. The predicted molar refractivity (Wildman–Crippen MR) is 72.3 cm³/mol. The van der Waals surface area contributed by atoms with Crippen LogP contribution >= 0.6 is 45.7 Å². The van der Waals surface area contributed by atoms with E-state index in [4.69, 9.17) is 0 Å². The van der Waals surface area contributed by atoms with Gasteiger partial charge in [0.25, 0.3) is 5.91 Å². The third-order valence-electron chi connectivity index (χ3n) is 1.62. The van der Waals surface area contributed by atoms with E-state index in [0.717, 1.165) is 14.2 Å². The van der Waals surface area contributed by atoms with Crippen LogP contribution in [0.15, 0.2) is 11.4 Å². The Hall–Kier alpha value is 0.250. The van der Waals surface area contributed by atoms with Crippen molar-refractivity contribution in [2.75, 3.05) is 12.0 Å². The summed E-state index contributed by atoms with van der Waals surface area (Å²) in [6.07, 6.45) is 2.04. The molecule has 1 aromatic rings. The van der Waals surface area contributed by atoms with Gasteiger partial charge in [-0.05, 0) is 41.8 Å². The zero-order chi connectivity index (χ0) is 10.6. The van der Waals surface area contributed by atoms with E-state index >= 15 is 0 Å². The van der Waals surface area contributed by atoms with Gasteiger partial charge in [-0.25, -0.2) is 0 Å². The molecule has 1 rings (SSSR count). The Morgan fingerprint density at radius 1 is 1.79 bits per heavy atom. The first-order chi connectivity index (χ1) is 6.63. The molecule has 1 amide bonds. The lowest BCUT2D eigenvalue weighted by Crippen LogP contribution is -2.33. The summed E-state index contributed by atoms with van der Waals surface area (Å²) in [4.78, 5) is 11.6. The Morgan fingerprint density at radius 2 is 2.50 bits per heavy atom. The van der Waals surface area contributed by atoms with E-state index in [0.29, 0.717) is 0 Å². The Kier molecular flexibility index (Phi) is 5.25. The lowest BCUT2D eigenvalue weighted by Gasteiger charge is -2.11. The highest BCUT2D eigenvalue weighted by molar-refractivity contribution is 14.1. The van der Waals surface area contributed by atoms with E-state index in [1.807, 2.05) is 24.6 Å². The molecule has 1 aromatic heterocycles. The van der Waals surface area contributed by atoms with Gasteiger partial charge in [0.1, 0.15) is 0 Å². The highest BCUT2D eigenvalue weighted by Crippen LogP contribution is 2.16. The largest absolute Gasteiger partial charge is 0.349 e. The first-order valence-electron chi connectivity index (χ1n) is 4.17. The summed E-state index contributed by atoms with van der Waals surface area (Å²) in [5.74, 6) is 0.984. The monoisotopic (exact) mass is 341 g/mol. The van der Waals surface area contributed by atoms with Crippen molar-refractivity contribution in [2.24, 2.45) is 0 Å². The molecule has 0 saturated heterocycles. The maximum Gasteiger partial charge on any atom is 0.252 e. The first-order valence-corrected chi connectivity index (χ1v) is 7.52. The molecule has 0 aliphatic carbocycles. The summed E-state index contributed by atoms with van der Waals surface area (Å²) in [5, 5.41) is 4.85. The number of hydrogen-bond donors (Lipinski definition) is 1. The quantitative estimate of drug-likeness (QED) is 0.854. The predicted octanol–water partition coefficient (Wildman–Crippen LogP) is 2.83. The Labute approximate surface area is 106 Å². The van der Waals surface area contributed by atoms with Gasteiger partial charge in [0, 0.05) is 17.2 Å². The molecule has 0 aromatic carbocycles. The van der Waals surface area contributed by atoms with Gasteiger partial charge in [-0.15, -0.1) is 11.3 Å². The van der Waals surface area contributed by atoms with E-state index < -0.39 is 0 Å². The van der Waals surface area contributed by atoms with Gasteiger partial charge < -0.3 is 5.32 Å². The number of thioether (sulfide) groups is 1. The number of hydrogen-bond acceptors (Lipinski definition) is 3. The van der Waals surface area contributed by atoms with Crippen LogP contribution in [0, 0.1) is 2.88 Å². The molecule has 1 atom stereocenters. The third-order valence-corrected chi connectivity index (χ3v) is 4.25. The molecule has 1 N–H and O–H groups in total. The third kappa shape index (κ3) is 3.78. The number of carbonyl (C=O) groups excluding carboxylic acids is 1. The van der Waals surface area contributed by atoms with Gasteiger partial charge in [-0.3, -0.25) is 4.79 Å². The van der Waals surface area contributed by atoms with Gasteiger partial charge in [0.05, 0.1) is 8.45 Å². The van der Waals surface area contributed by atoms with Gasteiger partial charge in [0.2, 0.25) is 0 Å². The normalized spacial score (nSPS) is 12.5. The van der Waals surface area contributed by atoms with Crippen molar-refractivity contribution in [3.05, 3.63) is 19.9 Å². The zero-order valence-electron chi connectivity index (χ0n) is 8.04. The highest BCUT2D eigenvalue weighted by atomic mass is 127. The zero-order valence-corrected chi connectivity index (χ0v) is 11.8. The van der Waals surface area contributed by atoms with Gasteiger partial charge >= 0.3 is 0 Å². The number of thiophene rings is 1. The Balaban J connectivity index is 2.50. The topological polar surface area (TPSA) is 29.1 Å². The summed E-state index contributed by atoms with van der Waals surface area (Å²) in [6, 6.07) is 2.14. The molecule has 14 heavy (non-hydrogen) atoms. The van der Waals surface area contributed by atoms with Crippen LogP contribution in [0.1, 0.15) is 17.3 Å². The standard InChI is InChI=1S/C9H12INOS2/c1-6(4-13-2)11-9(12)7-3-8(10)14-5-7/h3,5-6H,4H2,1-2H3,(H,11,12). The minimum Gasteiger partial charge on any atom is -0.349 e. The van der Waals surface area contributed by atoms with E-state index in [1.54, 1.807) is 23.1 Å². The molecule has 0 fully saturated rings. The fraction of sp³-hybridized carbons (Fsp3) is 0.444. The van der Waals surface area contributed by atoms with E-state index in [9.17, 15) is 4.79 Å². The molecule has 1 heterocycles. The van der Waals surface area contributed by atoms with Crippen molar-refractivity contribution in [1.82, 2.24) is 5.32 Å². The van der Waals surface area contributed by atoms with Gasteiger partial charge in [-0.1, -0.05) is 0 Å². The molecule has 2 nitrogen and oxygen atoms in total. The SMILES string of the molecule is CSCC(C)NC(=O)c1csc(I)c1. The van der Waals surface area contributed by atoms with Crippen LogP contribution in [-0.4, -0.2) is 24.0 Å². The number of rotatable bonds is 4. The van der Waals surface area contributed by atoms with E-state index in [1.165, 1.54) is 0 Å². The molecule has 0 spiro atoms. The highest BCUT2D eigenvalue weighted by Gasteiger charge is 2.10. The minimum atomic E-state index is 0.0331. The van der Waals surface area contributed by atoms with Crippen molar-refractivity contribution >= 4 is 51.6 Å². The van der Waals surface area contributed by atoms with Crippen LogP contribution in [0.4, 0.5) is 0 Å². The maximum absolute atomic E-state index is 11.6. The van der Waals surface area contributed by atoms with Crippen molar-refractivity contribution in [3.8, 4) is 0 Å². The minimum absolute atomic E-state index is 0.0331. The summed E-state index contributed by atoms with van der Waals surface area (Å²) >= 11 is 5.55. The molecule has 0 radical (unpaired) electrons. The van der Waals surface area contributed by atoms with Crippen molar-refractivity contribution in [2.45, 2.75) is 13.0 Å². The summed E-state index contributed by atoms with van der Waals surface area (Å²) in [5.41, 5.74) is 0.771. The summed E-state index contributed by atoms with van der Waals surface area (Å²) in [7, 11) is 0. The molecule has 0 aliphatic heterocycles. The Morgan fingerprint density at radius 3 is 3.00 bits per heavy atom. The molecular weight excluding hydrogens is 329 g/mol. The summed E-state index contributed by atoms with van der Waals surface area (Å²) < 4.78 is 1.14. The molecule has 0 aliphatic rings. The number of nitrogens with one attached hydrogen (secondary N) is 1. The fourth-order valence-electron chi connectivity index (χ4n) is 1.03. The van der Waals surface area contributed by atoms with Crippen LogP contribution in [0.3, 0.4) is 0 Å². The molecule has 1 unspecified atom stereocenters. The average molecular weight is 341 g/mol. The molecule has 0 bridgehead atoms. The lowest BCUT2D eigenvalue weighted by molar-refractivity contribution is 0.0944. The van der Waals surface area contributed by atoms with Crippen LogP contribution in [-0.2, 0) is 0 Å². The lowest BCUT2D eigenvalue weighted by atomic mass is 10.3. The fourth-order valence-corrected chi connectivity index (χ4v) is 2.94. The maximum atomic E-state index is 11.6. The second-order valence-electron chi connectivity index (χ2n) is 2.97. The van der Waals surface area contributed by atoms with E-state index in [2.05, 4.69) is 27.9 Å². The van der Waals surface area contributed by atoms with Crippen molar-refractivity contribution < 1.29 is 4.79 Å². The van der Waals surface area contributed by atoms with Gasteiger partial charge in [-0.2, -0.15) is 11.8 Å². The second kappa shape index (κ2) is 5.97. The molecular formula is C9H12INOS2. The second-order valence-corrected chi connectivity index (χ2v) is 6.69. The first kappa shape index (κ1) is 12.3. The number of halogens is 1. The molecule has 0 saturated carbocycles. The number of carbonyl (C=O) groups is 1. The van der Waals surface area contributed by atoms with Crippen LogP contribution in [0.2, 0.25) is 0 Å². The summed E-state index contributed by atoms with van der Waals surface area (Å²) in [6.45, 7) is 2.02. The average Bonchev–Trinajstić information content (AvgIpc) is 2.52. The van der Waals surface area contributed by atoms with Crippen LogP contribution in [0.5, 0.6) is 0 Å². The van der Waals surface area contributed by atoms with Crippen molar-refractivity contribution in [1.29, 1.82) is 0 Å². The van der Waals surface area contributed by atoms with Gasteiger partial charge in [0.15, 0.2) is 0 Å². The molecule has 5 heteroatoms. The number of amides is 1. The van der Waals surface area contributed by atoms with E-state index in [-0.39, 0.29) is 11.9 Å². The van der Waals surface area contributed by atoms with Crippen molar-refractivity contribution in [3.63, 3.8) is 0 Å². The smallest absolute Gasteiger partial charge is 0.252 e. The van der Waals surface area contributed by atoms with Crippen LogP contribution in [0.25, 0.3) is 0 Å². The molecule has 78 valence electrons. The van der Waals surface area contributed by atoms with Crippen LogP contribution < -0.4 is 5.32 Å².